The predicted molar refractivity (Wildman–Crippen MR) is 69.9 cm³/mol. The van der Waals surface area contributed by atoms with E-state index in [1.165, 1.54) is 17.7 Å². The summed E-state index contributed by atoms with van der Waals surface area (Å²) in [6, 6.07) is 7.91. The summed E-state index contributed by atoms with van der Waals surface area (Å²) in [6.07, 6.45) is 1.59. The van der Waals surface area contributed by atoms with Gasteiger partial charge in [0, 0.05) is 23.8 Å². The number of benzene rings is 1. The molecule has 0 saturated carbocycles. The van der Waals surface area contributed by atoms with Crippen molar-refractivity contribution < 1.29 is 9.13 Å². The zero-order chi connectivity index (χ0) is 13.4. The molecule has 0 aliphatic rings. The number of fused-ring (bicyclic) bond motifs is 1. The molecule has 1 aromatic carbocycles. The monoisotopic (exact) mass is 277 g/mol. The van der Waals surface area contributed by atoms with Crippen LogP contribution in [-0.4, -0.2) is 21.7 Å². The molecule has 0 spiro atoms. The smallest absolute Gasteiger partial charge is 0.157 e. The van der Waals surface area contributed by atoms with Crippen LogP contribution in [0.2, 0.25) is 5.15 Å². The minimum absolute atomic E-state index is 0.290. The largest absolute Gasteiger partial charge is 0.497 e. The van der Waals surface area contributed by atoms with Crippen molar-refractivity contribution in [2.75, 3.05) is 7.11 Å². The quantitative estimate of drug-likeness (QED) is 0.675. The number of methoxy groups -OCH3 is 1. The van der Waals surface area contributed by atoms with E-state index in [0.717, 1.165) is 0 Å². The Hall–Kier alpha value is -2.14. The number of nitrogens with zero attached hydrogens (tertiary/aromatic N) is 3. The van der Waals surface area contributed by atoms with E-state index in [1.54, 1.807) is 30.5 Å². The number of hydrogen-bond acceptors (Lipinski definition) is 3. The summed E-state index contributed by atoms with van der Waals surface area (Å²) in [5.41, 5.74) is 1.50. The van der Waals surface area contributed by atoms with Gasteiger partial charge in [-0.25, -0.2) is 13.9 Å². The summed E-state index contributed by atoms with van der Waals surface area (Å²) in [5, 5.41) is 4.41. The SMILES string of the molecule is COc1ccc(-c2cc(Cl)nc3ccnn23)c(F)c1. The molecule has 2 heterocycles. The van der Waals surface area contributed by atoms with Gasteiger partial charge in [0.2, 0.25) is 0 Å². The normalized spacial score (nSPS) is 10.9. The van der Waals surface area contributed by atoms with E-state index in [9.17, 15) is 4.39 Å². The average Bonchev–Trinajstić information content (AvgIpc) is 2.85. The Labute approximate surface area is 113 Å². The highest BCUT2D eigenvalue weighted by atomic mass is 35.5. The molecular formula is C13H9ClFN3O. The summed E-state index contributed by atoms with van der Waals surface area (Å²) in [4.78, 5) is 4.10. The minimum atomic E-state index is -0.404. The van der Waals surface area contributed by atoms with E-state index < -0.39 is 5.82 Å². The number of rotatable bonds is 2. The molecule has 0 fully saturated rings. The van der Waals surface area contributed by atoms with Gasteiger partial charge in [0.1, 0.15) is 16.7 Å². The van der Waals surface area contributed by atoms with Gasteiger partial charge in [0.15, 0.2) is 5.65 Å². The molecule has 0 N–H and O–H groups in total. The van der Waals surface area contributed by atoms with Crippen LogP contribution in [0.1, 0.15) is 0 Å². The van der Waals surface area contributed by atoms with E-state index in [2.05, 4.69) is 10.1 Å². The Kier molecular flexibility index (Phi) is 2.83. The molecule has 3 aromatic rings. The summed E-state index contributed by atoms with van der Waals surface area (Å²) in [6.45, 7) is 0. The first-order valence-corrected chi connectivity index (χ1v) is 5.91. The second kappa shape index (κ2) is 4.51. The zero-order valence-corrected chi connectivity index (χ0v) is 10.7. The molecule has 0 aliphatic carbocycles. The van der Waals surface area contributed by atoms with Crippen LogP contribution in [0, 0.1) is 5.82 Å². The van der Waals surface area contributed by atoms with Crippen LogP contribution in [0.15, 0.2) is 36.5 Å². The Balaban J connectivity index is 2.26. The average molecular weight is 278 g/mol. The summed E-state index contributed by atoms with van der Waals surface area (Å²) in [7, 11) is 1.49. The molecule has 0 saturated heterocycles. The van der Waals surface area contributed by atoms with E-state index >= 15 is 0 Å². The van der Waals surface area contributed by atoms with Crippen LogP contribution in [0.4, 0.5) is 4.39 Å². The van der Waals surface area contributed by atoms with Crippen LogP contribution in [0.3, 0.4) is 0 Å². The Morgan fingerprint density at radius 2 is 2.11 bits per heavy atom. The standard InChI is InChI=1S/C13H9ClFN3O/c1-19-8-2-3-9(10(15)6-8)11-7-12(14)17-13-4-5-16-18(11)13/h2-7H,1H3. The lowest BCUT2D eigenvalue weighted by Crippen LogP contribution is -1.98. The third-order valence-electron chi connectivity index (χ3n) is 2.78. The Bertz CT molecular complexity index is 757. The number of halogens is 2. The molecular weight excluding hydrogens is 269 g/mol. The summed E-state index contributed by atoms with van der Waals surface area (Å²) >= 11 is 5.94. The van der Waals surface area contributed by atoms with Crippen LogP contribution >= 0.6 is 11.6 Å². The summed E-state index contributed by atoms with van der Waals surface area (Å²) in [5.74, 6) is 0.0523. The zero-order valence-electron chi connectivity index (χ0n) is 9.97. The molecule has 0 aliphatic heterocycles. The lowest BCUT2D eigenvalue weighted by molar-refractivity contribution is 0.411. The Morgan fingerprint density at radius 3 is 2.84 bits per heavy atom. The van der Waals surface area contributed by atoms with Crippen molar-refractivity contribution in [3.8, 4) is 17.0 Å². The van der Waals surface area contributed by atoms with Crippen LogP contribution < -0.4 is 4.74 Å². The fourth-order valence-electron chi connectivity index (χ4n) is 1.90. The van der Waals surface area contributed by atoms with Crippen molar-refractivity contribution in [2.45, 2.75) is 0 Å². The molecule has 19 heavy (non-hydrogen) atoms. The molecule has 0 radical (unpaired) electrons. The van der Waals surface area contributed by atoms with Gasteiger partial charge in [-0.15, -0.1) is 0 Å². The first-order valence-electron chi connectivity index (χ1n) is 5.53. The van der Waals surface area contributed by atoms with Gasteiger partial charge < -0.3 is 4.74 Å². The number of ether oxygens (including phenoxy) is 1. The molecule has 4 nitrogen and oxygen atoms in total. The van der Waals surface area contributed by atoms with Crippen molar-refractivity contribution in [2.24, 2.45) is 0 Å². The van der Waals surface area contributed by atoms with Crippen molar-refractivity contribution in [1.82, 2.24) is 14.6 Å². The maximum Gasteiger partial charge on any atom is 0.157 e. The highest BCUT2D eigenvalue weighted by Crippen LogP contribution is 2.27. The van der Waals surface area contributed by atoms with Crippen LogP contribution in [0.25, 0.3) is 16.9 Å². The third kappa shape index (κ3) is 2.02. The fraction of sp³-hybridized carbons (Fsp3) is 0.0769. The maximum atomic E-state index is 14.1. The molecule has 0 atom stereocenters. The van der Waals surface area contributed by atoms with E-state index in [4.69, 9.17) is 16.3 Å². The van der Waals surface area contributed by atoms with Gasteiger partial charge in [-0.05, 0) is 12.1 Å². The number of aromatic nitrogens is 3. The van der Waals surface area contributed by atoms with E-state index in [1.807, 2.05) is 0 Å². The molecule has 3 rings (SSSR count). The molecule has 2 aromatic heterocycles. The van der Waals surface area contributed by atoms with Crippen LogP contribution in [-0.2, 0) is 0 Å². The molecule has 6 heteroatoms. The van der Waals surface area contributed by atoms with Crippen molar-refractivity contribution in [3.05, 3.63) is 47.5 Å². The van der Waals surface area contributed by atoms with Gasteiger partial charge >= 0.3 is 0 Å². The minimum Gasteiger partial charge on any atom is -0.497 e. The lowest BCUT2D eigenvalue weighted by atomic mass is 10.1. The topological polar surface area (TPSA) is 39.4 Å². The first-order chi connectivity index (χ1) is 9.19. The second-order valence-electron chi connectivity index (χ2n) is 3.91. The number of hydrogen-bond donors (Lipinski definition) is 0. The van der Waals surface area contributed by atoms with Gasteiger partial charge in [0.05, 0.1) is 19.0 Å². The van der Waals surface area contributed by atoms with Gasteiger partial charge in [-0.2, -0.15) is 5.10 Å². The lowest BCUT2D eigenvalue weighted by Gasteiger charge is -2.08. The van der Waals surface area contributed by atoms with Crippen molar-refractivity contribution in [1.29, 1.82) is 0 Å². The summed E-state index contributed by atoms with van der Waals surface area (Å²) < 4.78 is 20.6. The van der Waals surface area contributed by atoms with Crippen molar-refractivity contribution in [3.63, 3.8) is 0 Å². The van der Waals surface area contributed by atoms with Gasteiger partial charge in [-0.3, -0.25) is 0 Å². The second-order valence-corrected chi connectivity index (χ2v) is 4.30. The van der Waals surface area contributed by atoms with Gasteiger partial charge in [-0.1, -0.05) is 11.6 Å². The highest BCUT2D eigenvalue weighted by molar-refractivity contribution is 6.29. The van der Waals surface area contributed by atoms with Crippen molar-refractivity contribution >= 4 is 17.2 Å². The van der Waals surface area contributed by atoms with E-state index in [-0.39, 0.29) is 0 Å². The van der Waals surface area contributed by atoms with Crippen LogP contribution in [0.5, 0.6) is 5.75 Å². The van der Waals surface area contributed by atoms with E-state index in [0.29, 0.717) is 27.8 Å². The molecule has 0 unspecified atom stereocenters. The molecule has 96 valence electrons. The first kappa shape index (κ1) is 11.9. The predicted octanol–water partition coefficient (Wildman–Crippen LogP) is 3.20. The fourth-order valence-corrected chi connectivity index (χ4v) is 2.09. The van der Waals surface area contributed by atoms with Gasteiger partial charge in [0.25, 0.3) is 0 Å². The molecule has 0 amide bonds. The Morgan fingerprint density at radius 1 is 1.26 bits per heavy atom. The highest BCUT2D eigenvalue weighted by Gasteiger charge is 2.12. The maximum absolute atomic E-state index is 14.1. The third-order valence-corrected chi connectivity index (χ3v) is 2.97. The molecule has 0 bridgehead atoms.